The third-order valence-electron chi connectivity index (χ3n) is 5.37. The highest BCUT2D eigenvalue weighted by atomic mass is 32.2. The van der Waals surface area contributed by atoms with Gasteiger partial charge in [-0.25, -0.2) is 31.7 Å². The first-order valence-electron chi connectivity index (χ1n) is 11.6. The molecule has 15 nitrogen and oxygen atoms in total. The number of nitrogens with two attached hydrogens (primary N) is 2. The standard InChI is InChI=1S/C19H23N9O4S3.C2HF3O2/c1-28(2)10-4-9-22-35(31,32)14-8-7-11(12-5-3-6-13-16(12)23-19(20)33-13)15(17(14)34(21,29)30)18-24-26-27-25-18;3-2(4,5)1(6)7/h3,5-8,22H,4,9-10H2,1-2H3,(H2,20,23)(H2,21,29,30)(H,24,25,26,27);(H,6,7). The number of nitrogens with one attached hydrogen (secondary N) is 3. The number of sulfonamides is 2. The number of aromatic amines is 1. The van der Waals surface area contributed by atoms with E-state index < -0.39 is 42.0 Å². The number of nitrogen functional groups attached to an aromatic ring is 1. The highest BCUT2D eigenvalue weighted by Crippen LogP contribution is 2.41. The molecule has 4 rings (SSSR count). The number of alkyl halides is 3. The third kappa shape index (κ3) is 7.74. The Morgan fingerprint density at radius 1 is 1.14 bits per heavy atom. The molecular weight excluding hydrogens is 627 g/mol. The Balaban J connectivity index is 0.000000616. The predicted octanol–water partition coefficient (Wildman–Crippen LogP) is -1.52. The van der Waals surface area contributed by atoms with Crippen LogP contribution in [0.25, 0.3) is 32.7 Å². The molecule has 0 radical (unpaired) electrons. The first kappa shape index (κ1) is 32.8. The summed E-state index contributed by atoms with van der Waals surface area (Å²) in [6, 6.07) is 7.96. The van der Waals surface area contributed by atoms with Crippen LogP contribution in [0.4, 0.5) is 18.3 Å². The van der Waals surface area contributed by atoms with Gasteiger partial charge in [0.2, 0.25) is 25.9 Å². The van der Waals surface area contributed by atoms with Crippen molar-refractivity contribution in [3.05, 3.63) is 30.3 Å². The Kier molecular flexibility index (Phi) is 9.85. The van der Waals surface area contributed by atoms with Gasteiger partial charge in [0, 0.05) is 18.5 Å². The van der Waals surface area contributed by atoms with Crippen molar-refractivity contribution in [2.75, 3.05) is 32.9 Å². The summed E-state index contributed by atoms with van der Waals surface area (Å²) in [6.45, 7) is 0.840. The van der Waals surface area contributed by atoms with Gasteiger partial charge in [0.05, 0.1) is 36.4 Å². The van der Waals surface area contributed by atoms with Crippen LogP contribution < -0.4 is 25.6 Å². The van der Waals surface area contributed by atoms with E-state index in [0.29, 0.717) is 28.2 Å². The van der Waals surface area contributed by atoms with Crippen LogP contribution in [0.1, 0.15) is 6.42 Å². The fraction of sp³-hybridized carbons (Fsp3) is 0.286. The average Bonchev–Trinajstić information content (AvgIpc) is 3.54. The summed E-state index contributed by atoms with van der Waals surface area (Å²) in [5.41, 5.74) is 7.11. The summed E-state index contributed by atoms with van der Waals surface area (Å²) in [5, 5.41) is 28.3. The quantitative estimate of drug-likeness (QED) is 0.130. The van der Waals surface area contributed by atoms with Crippen molar-refractivity contribution >= 4 is 52.7 Å². The number of benzene rings is 2. The largest absolute Gasteiger partial charge is 0.542 e. The minimum Gasteiger partial charge on any atom is -0.542 e. The molecule has 7 N–H and O–H groups in total. The Hall–Kier alpha value is -3.76. The molecule has 0 spiro atoms. The Morgan fingerprint density at radius 3 is 2.36 bits per heavy atom. The molecule has 0 bridgehead atoms. The number of para-hydroxylation sites is 1. The van der Waals surface area contributed by atoms with Crippen molar-refractivity contribution in [3.63, 3.8) is 0 Å². The first-order chi connectivity index (χ1) is 19.4. The minimum atomic E-state index is -5.19. The number of carbonyl (C=O) groups excluding carboxylic acids is 1. The number of primary sulfonamides is 1. The maximum Gasteiger partial charge on any atom is 0.430 e. The van der Waals surface area contributed by atoms with Gasteiger partial charge in [-0.1, -0.05) is 29.5 Å². The van der Waals surface area contributed by atoms with Crippen LogP contribution in [-0.2, 0) is 24.8 Å². The molecule has 0 aliphatic carbocycles. The van der Waals surface area contributed by atoms with Crippen LogP contribution in [0.3, 0.4) is 0 Å². The number of aromatic nitrogens is 5. The zero-order valence-corrected chi connectivity index (χ0v) is 24.2. The summed E-state index contributed by atoms with van der Waals surface area (Å²) in [5.74, 6) is -3.15. The van der Waals surface area contributed by atoms with Gasteiger partial charge in [-0.2, -0.15) is 18.4 Å². The van der Waals surface area contributed by atoms with Gasteiger partial charge in [-0.15, -0.1) is 10.2 Å². The molecule has 0 unspecified atom stereocenters. The number of anilines is 1. The van der Waals surface area contributed by atoms with Crippen LogP contribution in [0.2, 0.25) is 0 Å². The number of hydrogen-bond donors (Lipinski definition) is 5. The molecule has 4 aromatic rings. The van der Waals surface area contributed by atoms with Crippen molar-refractivity contribution in [3.8, 4) is 22.5 Å². The first-order valence-corrected chi connectivity index (χ1v) is 15.4. The van der Waals surface area contributed by atoms with E-state index in [-0.39, 0.29) is 17.9 Å². The lowest BCUT2D eigenvalue weighted by Gasteiger charge is -2.17. The molecule has 0 aliphatic heterocycles. The summed E-state index contributed by atoms with van der Waals surface area (Å²) >= 11 is 1.26. The number of quaternary nitrogens is 1. The number of thiazole rings is 1. The van der Waals surface area contributed by atoms with Crippen LogP contribution in [0.15, 0.2) is 40.1 Å². The number of carboxylic acids is 1. The lowest BCUT2D eigenvalue weighted by atomic mass is 9.98. The van der Waals surface area contributed by atoms with E-state index >= 15 is 0 Å². The van der Waals surface area contributed by atoms with E-state index in [0.717, 1.165) is 16.1 Å². The zero-order valence-electron chi connectivity index (χ0n) is 21.8. The lowest BCUT2D eigenvalue weighted by Crippen LogP contribution is -3.05. The molecule has 228 valence electrons. The molecule has 0 fully saturated rings. The fourth-order valence-corrected chi connectivity index (χ4v) is 7.12. The molecule has 0 atom stereocenters. The van der Waals surface area contributed by atoms with Gasteiger partial charge < -0.3 is 20.5 Å². The number of carboxylic acid groups (broad SMARTS) is 1. The van der Waals surface area contributed by atoms with Crippen molar-refractivity contribution in [1.29, 1.82) is 0 Å². The maximum atomic E-state index is 13.2. The Bertz CT molecular complexity index is 1790. The van der Waals surface area contributed by atoms with Gasteiger partial charge in [0.15, 0.2) is 5.13 Å². The highest BCUT2D eigenvalue weighted by molar-refractivity contribution is 7.92. The Labute approximate surface area is 240 Å². The molecule has 0 saturated carbocycles. The Morgan fingerprint density at radius 2 is 1.81 bits per heavy atom. The van der Waals surface area contributed by atoms with Gasteiger partial charge in [0.1, 0.15) is 15.8 Å². The number of hydrogen-bond acceptors (Lipinski definition) is 12. The van der Waals surface area contributed by atoms with E-state index in [4.69, 9.17) is 20.8 Å². The van der Waals surface area contributed by atoms with Gasteiger partial charge in [0.25, 0.3) is 0 Å². The normalized spacial score (nSPS) is 12.4. The van der Waals surface area contributed by atoms with Crippen LogP contribution in [-0.4, -0.2) is 81.8 Å². The monoisotopic (exact) mass is 651 g/mol. The van der Waals surface area contributed by atoms with Crippen LogP contribution in [0.5, 0.6) is 0 Å². The second kappa shape index (κ2) is 12.6. The van der Waals surface area contributed by atoms with Crippen molar-refractivity contribution in [1.82, 2.24) is 30.3 Å². The molecule has 2 aromatic carbocycles. The van der Waals surface area contributed by atoms with E-state index in [1.54, 1.807) is 12.1 Å². The van der Waals surface area contributed by atoms with Crippen molar-refractivity contribution in [2.24, 2.45) is 5.14 Å². The van der Waals surface area contributed by atoms with Crippen molar-refractivity contribution in [2.45, 2.75) is 22.4 Å². The predicted molar refractivity (Wildman–Crippen MR) is 143 cm³/mol. The molecule has 2 aromatic heterocycles. The van der Waals surface area contributed by atoms with E-state index in [1.807, 2.05) is 20.2 Å². The van der Waals surface area contributed by atoms with Gasteiger partial charge in [-0.3, -0.25) is 0 Å². The van der Waals surface area contributed by atoms with Crippen LogP contribution in [0, 0.1) is 0 Å². The highest BCUT2D eigenvalue weighted by Gasteiger charge is 2.32. The summed E-state index contributed by atoms with van der Waals surface area (Å²) in [7, 11) is -4.96. The second-order valence-corrected chi connectivity index (χ2v) is 13.1. The number of tetrazole rings is 1. The van der Waals surface area contributed by atoms with Crippen LogP contribution >= 0.6 is 11.3 Å². The minimum absolute atomic E-state index is 0.110. The second-order valence-electron chi connectivity index (χ2n) is 8.79. The van der Waals surface area contributed by atoms with E-state index in [9.17, 15) is 30.0 Å². The maximum absolute atomic E-state index is 13.2. The lowest BCUT2D eigenvalue weighted by molar-refractivity contribution is -0.858. The SMILES string of the molecule is C[NH+](C)CCCNS(=O)(=O)c1ccc(-c2cccc3sc(N)nc23)c(-c2nn[nH]n2)c1S(N)(=O)=O.O=C([O-])C(F)(F)F. The summed E-state index contributed by atoms with van der Waals surface area (Å²) < 4.78 is 86.9. The average molecular weight is 652 g/mol. The number of carbonyl (C=O) groups is 1. The van der Waals surface area contributed by atoms with Gasteiger partial charge >= 0.3 is 6.18 Å². The molecule has 0 saturated heterocycles. The van der Waals surface area contributed by atoms with E-state index in [2.05, 4.69) is 30.3 Å². The number of halogens is 3. The summed E-state index contributed by atoms with van der Waals surface area (Å²) in [6.07, 6.45) is -4.64. The number of H-pyrrole nitrogens is 1. The fourth-order valence-electron chi connectivity index (χ4n) is 3.68. The third-order valence-corrected chi connectivity index (χ3v) is 8.84. The number of aliphatic carboxylic acids is 1. The molecule has 21 heteroatoms. The number of fused-ring (bicyclic) bond motifs is 1. The zero-order chi connectivity index (χ0) is 31.5. The summed E-state index contributed by atoms with van der Waals surface area (Å²) in [4.78, 5) is 13.1. The number of rotatable bonds is 9. The molecular formula is C21H24F3N9O6S3. The molecule has 0 aliphatic rings. The van der Waals surface area contributed by atoms with Gasteiger partial charge in [-0.05, 0) is 22.9 Å². The topological polar surface area (TPSA) is 244 Å². The van der Waals surface area contributed by atoms with Crippen molar-refractivity contribution < 1.29 is 44.8 Å². The molecule has 2 heterocycles. The van der Waals surface area contributed by atoms with E-state index in [1.165, 1.54) is 23.5 Å². The smallest absolute Gasteiger partial charge is 0.430 e. The number of nitrogens with zero attached hydrogens (tertiary/aromatic N) is 4. The molecule has 42 heavy (non-hydrogen) atoms. The molecule has 0 amide bonds.